The standard InChI is InChI=1S/C10H8Cl2F3NO3S/c1-5-7(9(17)16-4-10(13,14)15)2-6(3-8(5)11)20(12,18)19/h2-3H,4H2,1H3,(H,16,17). The molecule has 0 aromatic heterocycles. The highest BCUT2D eigenvalue weighted by Gasteiger charge is 2.28. The third kappa shape index (κ3) is 4.53. The molecule has 0 spiro atoms. The van der Waals surface area contributed by atoms with Crippen molar-refractivity contribution < 1.29 is 26.4 Å². The van der Waals surface area contributed by atoms with Crippen LogP contribution in [0.4, 0.5) is 13.2 Å². The van der Waals surface area contributed by atoms with Gasteiger partial charge in [0.1, 0.15) is 6.54 Å². The second kappa shape index (κ2) is 5.79. The molecule has 0 aliphatic rings. The number of amides is 1. The smallest absolute Gasteiger partial charge is 0.343 e. The Morgan fingerprint density at radius 3 is 2.35 bits per heavy atom. The van der Waals surface area contributed by atoms with Crippen molar-refractivity contribution in [2.75, 3.05) is 6.54 Å². The second-order valence-electron chi connectivity index (χ2n) is 3.81. The molecular formula is C10H8Cl2F3NO3S. The fourth-order valence-electron chi connectivity index (χ4n) is 1.31. The van der Waals surface area contributed by atoms with Gasteiger partial charge in [0.2, 0.25) is 0 Å². The zero-order valence-electron chi connectivity index (χ0n) is 9.88. The van der Waals surface area contributed by atoms with Gasteiger partial charge < -0.3 is 5.32 Å². The number of carbonyl (C=O) groups excluding carboxylic acids is 1. The predicted molar refractivity (Wildman–Crippen MR) is 67.6 cm³/mol. The lowest BCUT2D eigenvalue weighted by Crippen LogP contribution is -2.34. The third-order valence-corrected chi connectivity index (χ3v) is 4.02. The Kier molecular flexibility index (Phi) is 4.94. The van der Waals surface area contributed by atoms with Crippen LogP contribution in [0.15, 0.2) is 17.0 Å². The van der Waals surface area contributed by atoms with Gasteiger partial charge in [-0.2, -0.15) is 13.2 Å². The number of hydrogen-bond donors (Lipinski definition) is 1. The van der Waals surface area contributed by atoms with E-state index in [0.29, 0.717) is 0 Å². The summed E-state index contributed by atoms with van der Waals surface area (Å²) in [6.45, 7) is -0.170. The first-order valence-corrected chi connectivity index (χ1v) is 7.70. The summed E-state index contributed by atoms with van der Waals surface area (Å²) in [6, 6.07) is 1.88. The first kappa shape index (κ1) is 17.1. The summed E-state index contributed by atoms with van der Waals surface area (Å²) in [5.41, 5.74) is -0.142. The molecule has 0 saturated carbocycles. The second-order valence-corrected chi connectivity index (χ2v) is 6.79. The van der Waals surface area contributed by atoms with Crippen molar-refractivity contribution >= 4 is 37.2 Å². The van der Waals surface area contributed by atoms with E-state index in [2.05, 4.69) is 0 Å². The summed E-state index contributed by atoms with van der Waals surface area (Å²) < 4.78 is 58.4. The molecule has 1 amide bonds. The van der Waals surface area contributed by atoms with Crippen LogP contribution in [-0.2, 0) is 9.05 Å². The van der Waals surface area contributed by atoms with E-state index in [-0.39, 0.29) is 16.1 Å². The number of alkyl halides is 3. The van der Waals surface area contributed by atoms with Crippen LogP contribution in [0.25, 0.3) is 0 Å². The van der Waals surface area contributed by atoms with Gasteiger partial charge in [-0.3, -0.25) is 4.79 Å². The van der Waals surface area contributed by atoms with E-state index >= 15 is 0 Å². The van der Waals surface area contributed by atoms with Crippen LogP contribution >= 0.6 is 22.3 Å². The molecule has 0 heterocycles. The van der Waals surface area contributed by atoms with Crippen LogP contribution in [-0.4, -0.2) is 27.0 Å². The zero-order chi connectivity index (χ0) is 15.7. The molecule has 0 aliphatic carbocycles. The van der Waals surface area contributed by atoms with E-state index in [1.165, 1.54) is 6.92 Å². The maximum Gasteiger partial charge on any atom is 0.405 e. The SMILES string of the molecule is Cc1c(Cl)cc(S(=O)(=O)Cl)cc1C(=O)NCC(F)(F)F. The van der Waals surface area contributed by atoms with Gasteiger partial charge >= 0.3 is 6.18 Å². The predicted octanol–water partition coefficient (Wildman–Crippen LogP) is 2.87. The number of halogens is 5. The minimum atomic E-state index is -4.58. The topological polar surface area (TPSA) is 63.2 Å². The normalized spacial score (nSPS) is 12.3. The Balaban J connectivity index is 3.18. The van der Waals surface area contributed by atoms with Crippen molar-refractivity contribution in [2.45, 2.75) is 18.0 Å². The van der Waals surface area contributed by atoms with Gasteiger partial charge in [0.25, 0.3) is 15.0 Å². The minimum Gasteiger partial charge on any atom is -0.343 e. The largest absolute Gasteiger partial charge is 0.405 e. The Morgan fingerprint density at radius 2 is 1.90 bits per heavy atom. The number of rotatable bonds is 3. The molecule has 0 unspecified atom stereocenters. The lowest BCUT2D eigenvalue weighted by atomic mass is 10.1. The highest BCUT2D eigenvalue weighted by atomic mass is 35.7. The van der Waals surface area contributed by atoms with Crippen molar-refractivity contribution in [1.29, 1.82) is 0 Å². The van der Waals surface area contributed by atoms with E-state index in [4.69, 9.17) is 22.3 Å². The van der Waals surface area contributed by atoms with Gasteiger partial charge in [-0.1, -0.05) is 11.6 Å². The summed E-state index contributed by atoms with van der Waals surface area (Å²) >= 11 is 5.73. The van der Waals surface area contributed by atoms with E-state index in [9.17, 15) is 26.4 Å². The molecule has 0 saturated heterocycles. The monoisotopic (exact) mass is 349 g/mol. The van der Waals surface area contributed by atoms with Gasteiger partial charge in [-0.05, 0) is 24.6 Å². The first-order chi connectivity index (χ1) is 8.92. The summed E-state index contributed by atoms with van der Waals surface area (Å²) in [4.78, 5) is 11.2. The van der Waals surface area contributed by atoms with Crippen LogP contribution in [0, 0.1) is 6.92 Å². The first-order valence-electron chi connectivity index (χ1n) is 5.01. The van der Waals surface area contributed by atoms with Gasteiger partial charge in [-0.25, -0.2) is 8.42 Å². The van der Waals surface area contributed by atoms with Gasteiger partial charge in [0.05, 0.1) is 4.90 Å². The van der Waals surface area contributed by atoms with Crippen LogP contribution in [0.2, 0.25) is 5.02 Å². The highest BCUT2D eigenvalue weighted by Crippen LogP contribution is 2.26. The van der Waals surface area contributed by atoms with Crippen molar-refractivity contribution in [1.82, 2.24) is 5.32 Å². The molecule has 1 N–H and O–H groups in total. The van der Waals surface area contributed by atoms with E-state index < -0.39 is 32.6 Å². The summed E-state index contributed by atoms with van der Waals surface area (Å²) in [6.07, 6.45) is -4.58. The molecule has 1 aromatic rings. The Hall–Kier alpha value is -0.990. The lowest BCUT2D eigenvalue weighted by molar-refractivity contribution is -0.123. The van der Waals surface area contributed by atoms with Gasteiger partial charge in [0, 0.05) is 21.3 Å². The highest BCUT2D eigenvalue weighted by molar-refractivity contribution is 8.13. The quantitative estimate of drug-likeness (QED) is 0.853. The zero-order valence-corrected chi connectivity index (χ0v) is 12.2. The van der Waals surface area contributed by atoms with E-state index in [0.717, 1.165) is 12.1 Å². The Bertz CT molecular complexity index is 644. The minimum absolute atomic E-state index is 0.0936. The third-order valence-electron chi connectivity index (χ3n) is 2.29. The number of benzene rings is 1. The molecule has 0 aliphatic heterocycles. The van der Waals surface area contributed by atoms with Crippen molar-refractivity contribution in [3.8, 4) is 0 Å². The molecule has 0 radical (unpaired) electrons. The molecule has 0 bridgehead atoms. The summed E-state index contributed by atoms with van der Waals surface area (Å²) in [5.74, 6) is -1.09. The molecule has 112 valence electrons. The molecule has 1 aromatic carbocycles. The van der Waals surface area contributed by atoms with E-state index in [1.807, 2.05) is 0 Å². The lowest BCUT2D eigenvalue weighted by Gasteiger charge is -2.11. The van der Waals surface area contributed by atoms with Gasteiger partial charge in [-0.15, -0.1) is 0 Å². The number of carbonyl (C=O) groups is 1. The average Bonchev–Trinajstić information content (AvgIpc) is 2.27. The summed E-state index contributed by atoms with van der Waals surface area (Å²) in [5, 5.41) is 1.53. The molecular weight excluding hydrogens is 342 g/mol. The molecule has 0 fully saturated rings. The number of nitrogens with one attached hydrogen (secondary N) is 1. The summed E-state index contributed by atoms with van der Waals surface area (Å²) in [7, 11) is 0.955. The maximum absolute atomic E-state index is 12.0. The Morgan fingerprint density at radius 1 is 1.35 bits per heavy atom. The fraction of sp³-hybridized carbons (Fsp3) is 0.300. The Labute approximate surface area is 122 Å². The molecule has 4 nitrogen and oxygen atoms in total. The fourth-order valence-corrected chi connectivity index (χ4v) is 2.37. The molecule has 0 atom stereocenters. The van der Waals surface area contributed by atoms with Crippen molar-refractivity contribution in [3.05, 3.63) is 28.3 Å². The van der Waals surface area contributed by atoms with Crippen LogP contribution < -0.4 is 5.32 Å². The van der Waals surface area contributed by atoms with Crippen molar-refractivity contribution in [3.63, 3.8) is 0 Å². The van der Waals surface area contributed by atoms with Crippen LogP contribution in [0.5, 0.6) is 0 Å². The molecule has 1 rings (SSSR count). The van der Waals surface area contributed by atoms with Crippen LogP contribution in [0.1, 0.15) is 15.9 Å². The van der Waals surface area contributed by atoms with Crippen LogP contribution in [0.3, 0.4) is 0 Å². The van der Waals surface area contributed by atoms with Gasteiger partial charge in [0.15, 0.2) is 0 Å². The van der Waals surface area contributed by atoms with Crippen molar-refractivity contribution in [2.24, 2.45) is 0 Å². The maximum atomic E-state index is 12.0. The molecule has 20 heavy (non-hydrogen) atoms. The average molecular weight is 350 g/mol. The molecule has 10 heteroatoms. The number of hydrogen-bond acceptors (Lipinski definition) is 3. The van der Waals surface area contributed by atoms with E-state index in [1.54, 1.807) is 5.32 Å².